The first-order chi connectivity index (χ1) is 21.0. The highest BCUT2D eigenvalue weighted by atomic mass is 19.1. The maximum Gasteiger partial charge on any atom is 0.344 e. The number of methoxy groups -OCH3 is 2. The van der Waals surface area contributed by atoms with Crippen LogP contribution in [0.2, 0.25) is 0 Å². The van der Waals surface area contributed by atoms with Crippen LogP contribution in [0.3, 0.4) is 0 Å². The summed E-state index contributed by atoms with van der Waals surface area (Å²) < 4.78 is 42.8. The van der Waals surface area contributed by atoms with Crippen LogP contribution < -0.4 is 21.4 Å². The lowest BCUT2D eigenvalue weighted by molar-refractivity contribution is -0.385. The molecule has 2 aromatic carbocycles. The van der Waals surface area contributed by atoms with E-state index in [0.717, 1.165) is 31.1 Å². The number of hydrogen-bond acceptors (Lipinski definition) is 12. The van der Waals surface area contributed by atoms with E-state index in [1.807, 2.05) is 27.7 Å². The van der Waals surface area contributed by atoms with Crippen molar-refractivity contribution in [1.82, 2.24) is 9.89 Å². The second-order valence-electron chi connectivity index (χ2n) is 7.58. The van der Waals surface area contributed by atoms with Crippen molar-refractivity contribution in [2.24, 2.45) is 0 Å². The van der Waals surface area contributed by atoms with Crippen LogP contribution in [0.15, 0.2) is 36.4 Å². The van der Waals surface area contributed by atoms with Crippen LogP contribution in [-0.2, 0) is 15.9 Å². The summed E-state index contributed by atoms with van der Waals surface area (Å²) in [5, 5.41) is 24.5. The Hall–Kier alpha value is -5.41. The highest BCUT2D eigenvalue weighted by Crippen LogP contribution is 2.28. The quantitative estimate of drug-likeness (QED) is 0.102. The number of aldehydes is 1. The molecule has 3 aromatic rings. The van der Waals surface area contributed by atoms with Gasteiger partial charge in [0.1, 0.15) is 17.1 Å². The molecule has 0 radical (unpaired) electrons. The summed E-state index contributed by atoms with van der Waals surface area (Å²) in [6.07, 6.45) is 0.421. The summed E-state index contributed by atoms with van der Waals surface area (Å²) in [7, 11) is 3.69. The summed E-state index contributed by atoms with van der Waals surface area (Å²) >= 11 is 0. The van der Waals surface area contributed by atoms with Gasteiger partial charge in [-0.25, -0.2) is 18.4 Å². The fourth-order valence-electron chi connectivity index (χ4n) is 3.16. The Morgan fingerprint density at radius 2 is 1.61 bits per heavy atom. The van der Waals surface area contributed by atoms with Gasteiger partial charge < -0.3 is 25.4 Å². The summed E-state index contributed by atoms with van der Waals surface area (Å²) in [5.74, 6) is 1.43. The lowest BCUT2D eigenvalue weighted by Crippen LogP contribution is -2.29. The minimum absolute atomic E-state index is 0.0371. The van der Waals surface area contributed by atoms with Crippen molar-refractivity contribution < 1.29 is 42.3 Å². The smallest absolute Gasteiger partial charge is 0.344 e. The van der Waals surface area contributed by atoms with Crippen LogP contribution in [0.5, 0.6) is 5.75 Å². The third kappa shape index (κ3) is 10.8. The zero-order valence-electron chi connectivity index (χ0n) is 25.4. The molecule has 240 valence electrons. The number of halogens is 2. The minimum Gasteiger partial charge on any atom is -0.490 e. The molecule has 0 amide bonds. The van der Waals surface area contributed by atoms with Gasteiger partial charge in [-0.05, 0) is 29.8 Å². The lowest BCUT2D eigenvalue weighted by Gasteiger charge is -2.13. The molecular weight excluding hydrogens is 586 g/mol. The Balaban J connectivity index is 0.00000110. The first-order valence-corrected chi connectivity index (χ1v) is 13.1. The van der Waals surface area contributed by atoms with Gasteiger partial charge in [0.25, 0.3) is 5.69 Å². The van der Waals surface area contributed by atoms with Gasteiger partial charge in [0.2, 0.25) is 0 Å². The molecule has 1 heterocycles. The average molecular weight is 623 g/mol. The number of hydrogen-bond donors (Lipinski definition) is 3. The Kier molecular flexibility index (Phi) is 17.2. The number of anilines is 1. The Labute approximate surface area is 252 Å². The van der Waals surface area contributed by atoms with Crippen molar-refractivity contribution >= 4 is 29.6 Å². The van der Waals surface area contributed by atoms with E-state index in [1.54, 1.807) is 0 Å². The molecule has 0 atom stereocenters. The number of nitro groups is 1. The summed E-state index contributed by atoms with van der Waals surface area (Å²) in [5.41, 5.74) is -0.747. The van der Waals surface area contributed by atoms with Crippen LogP contribution in [0, 0.1) is 27.2 Å². The number of ether oxygens (including phenoxy) is 3. The van der Waals surface area contributed by atoms with Crippen LogP contribution in [0.25, 0.3) is 0 Å². The van der Waals surface area contributed by atoms with Crippen LogP contribution in [-0.4, -0.2) is 60.9 Å². The molecule has 0 aliphatic heterocycles. The number of carbonyl (C=O) groups is 3. The van der Waals surface area contributed by atoms with E-state index < -0.39 is 39.7 Å². The summed E-state index contributed by atoms with van der Waals surface area (Å²) in [6.45, 7) is 7.77. The molecule has 16 heteroatoms. The molecule has 0 fully saturated rings. The van der Waals surface area contributed by atoms with Crippen molar-refractivity contribution in [3.8, 4) is 5.75 Å². The van der Waals surface area contributed by atoms with E-state index in [2.05, 4.69) is 19.9 Å². The van der Waals surface area contributed by atoms with Crippen molar-refractivity contribution in [3.05, 3.63) is 86.0 Å². The second kappa shape index (κ2) is 19.7. The highest BCUT2D eigenvalue weighted by molar-refractivity contribution is 5.96. The highest BCUT2D eigenvalue weighted by Gasteiger charge is 2.24. The Morgan fingerprint density at radius 1 is 1.05 bits per heavy atom. The number of nitrogens with one attached hydrogen (secondary N) is 2. The molecule has 0 bridgehead atoms. The molecule has 0 aliphatic carbocycles. The van der Waals surface area contributed by atoms with E-state index in [0.29, 0.717) is 12.4 Å². The molecule has 3 rings (SSSR count). The third-order valence-electron chi connectivity index (χ3n) is 5.15. The number of nitrogen functional groups attached to an aromatic ring is 1. The number of aromatic nitrogens is 2. The number of nitro benzene ring substituents is 1. The van der Waals surface area contributed by atoms with Gasteiger partial charge in [0.05, 0.1) is 37.0 Å². The predicted molar refractivity (Wildman–Crippen MR) is 157 cm³/mol. The standard InChI is InChI=1S/C19H18F2N2O7.C5H6N4O.2C2H6/c1-22-15-9-17(14(21)7-11(15)18(24)28-2)30-5-4-10-6-16(23(26)27)12(8-13(10)20)19(25)29-3;6-5-2-1-4(3-10)8-9(5)7;2*1-2/h6-9,22H,4-5H2,1-3H3;1-3,6H,7H2;2*1-2H3. The molecule has 0 aliphatic rings. The van der Waals surface area contributed by atoms with Crippen LogP contribution >= 0.6 is 0 Å². The fourth-order valence-corrected chi connectivity index (χ4v) is 3.16. The van der Waals surface area contributed by atoms with Crippen molar-refractivity contribution in [2.75, 3.05) is 39.0 Å². The van der Waals surface area contributed by atoms with Gasteiger partial charge in [0.15, 0.2) is 23.3 Å². The third-order valence-corrected chi connectivity index (χ3v) is 5.15. The number of nitrogens with two attached hydrogens (primary N) is 1. The Morgan fingerprint density at radius 3 is 2.11 bits per heavy atom. The predicted octanol–water partition coefficient (Wildman–Crippen LogP) is 4.05. The van der Waals surface area contributed by atoms with Gasteiger partial charge in [-0.3, -0.25) is 20.3 Å². The van der Waals surface area contributed by atoms with E-state index in [-0.39, 0.29) is 46.8 Å². The molecule has 14 nitrogen and oxygen atoms in total. The summed E-state index contributed by atoms with van der Waals surface area (Å²) in [6, 6.07) is 6.62. The van der Waals surface area contributed by atoms with Crippen molar-refractivity contribution in [3.63, 3.8) is 0 Å². The number of esters is 2. The number of nitrogens with zero attached hydrogens (tertiary/aromatic N) is 3. The fraction of sp³-hybridized carbons (Fsp3) is 0.321. The molecule has 0 saturated carbocycles. The van der Waals surface area contributed by atoms with Gasteiger partial charge in [-0.1, -0.05) is 27.7 Å². The van der Waals surface area contributed by atoms with Gasteiger partial charge in [0, 0.05) is 25.6 Å². The molecule has 1 aromatic heterocycles. The van der Waals surface area contributed by atoms with E-state index >= 15 is 0 Å². The van der Waals surface area contributed by atoms with E-state index in [1.165, 1.54) is 25.2 Å². The topological polar surface area (TPSA) is 202 Å². The molecular formula is C28H36F2N6O8. The first kappa shape index (κ1) is 38.6. The zero-order chi connectivity index (χ0) is 34.0. The van der Waals surface area contributed by atoms with E-state index in [9.17, 15) is 33.3 Å². The SMILES string of the molecule is CC.CC.CNc1cc(OCCc2cc([N+](=O)[O-])c(C(=O)OC)cc2F)c(F)cc1C(=O)OC.N=c1ccc(C=O)nn1N. The second-order valence-corrected chi connectivity index (χ2v) is 7.58. The van der Waals surface area contributed by atoms with Crippen molar-refractivity contribution in [2.45, 2.75) is 34.1 Å². The molecule has 0 saturated heterocycles. The van der Waals surface area contributed by atoms with E-state index in [4.69, 9.17) is 16.0 Å². The minimum atomic E-state index is -1.05. The largest absolute Gasteiger partial charge is 0.490 e. The van der Waals surface area contributed by atoms with Crippen LogP contribution in [0.4, 0.5) is 20.2 Å². The molecule has 44 heavy (non-hydrogen) atoms. The van der Waals surface area contributed by atoms with Crippen LogP contribution in [0.1, 0.15) is 64.5 Å². The maximum atomic E-state index is 14.3. The normalized spacial score (nSPS) is 9.39. The molecule has 0 unspecified atom stereocenters. The maximum absolute atomic E-state index is 14.3. The van der Waals surface area contributed by atoms with Gasteiger partial charge >= 0.3 is 11.9 Å². The Bertz CT molecular complexity index is 1500. The summed E-state index contributed by atoms with van der Waals surface area (Å²) in [4.78, 5) is 44.5. The zero-order valence-corrected chi connectivity index (χ0v) is 25.4. The molecule has 0 spiro atoms. The number of rotatable bonds is 9. The molecule has 4 N–H and O–H groups in total. The average Bonchev–Trinajstić information content (AvgIpc) is 3.04. The van der Waals surface area contributed by atoms with Gasteiger partial charge in [-0.15, -0.1) is 5.10 Å². The number of benzene rings is 2. The number of carbonyl (C=O) groups excluding carboxylic acids is 3. The van der Waals surface area contributed by atoms with Crippen molar-refractivity contribution in [1.29, 1.82) is 5.41 Å². The first-order valence-electron chi connectivity index (χ1n) is 13.1. The lowest BCUT2D eigenvalue weighted by atomic mass is 10.1. The van der Waals surface area contributed by atoms with Gasteiger partial charge in [-0.2, -0.15) is 4.79 Å². The monoisotopic (exact) mass is 622 g/mol.